The summed E-state index contributed by atoms with van der Waals surface area (Å²) >= 11 is 0. The molecule has 1 saturated heterocycles. The van der Waals surface area contributed by atoms with Gasteiger partial charge in [0.2, 0.25) is 11.8 Å². The first-order chi connectivity index (χ1) is 12.7. The third-order valence-corrected chi connectivity index (χ3v) is 5.76. The van der Waals surface area contributed by atoms with Crippen LogP contribution in [-0.2, 0) is 19.6 Å². The van der Waals surface area contributed by atoms with E-state index in [2.05, 4.69) is 4.72 Å². The Morgan fingerprint density at radius 3 is 2.26 bits per heavy atom. The van der Waals surface area contributed by atoms with Gasteiger partial charge >= 0.3 is 0 Å². The van der Waals surface area contributed by atoms with Gasteiger partial charge in [-0.05, 0) is 43.7 Å². The molecule has 8 heteroatoms. The molecular weight excluding hydrogens is 368 g/mol. The van der Waals surface area contributed by atoms with Gasteiger partial charge in [-0.15, -0.1) is 0 Å². The Hall–Kier alpha value is -2.87. The Bertz CT molecular complexity index is 1010. The molecule has 2 aromatic carbocycles. The van der Waals surface area contributed by atoms with Crippen LogP contribution in [0.3, 0.4) is 0 Å². The molecule has 0 aromatic heterocycles. The normalized spacial score (nSPS) is 14.6. The molecule has 0 aliphatic carbocycles. The third kappa shape index (κ3) is 3.66. The van der Waals surface area contributed by atoms with Gasteiger partial charge in [0, 0.05) is 12.8 Å². The van der Waals surface area contributed by atoms with Crippen molar-refractivity contribution >= 4 is 33.2 Å². The molecule has 1 fully saturated rings. The topological polar surface area (TPSA) is 92.8 Å². The van der Waals surface area contributed by atoms with Crippen LogP contribution < -0.4 is 14.4 Å². The van der Waals surface area contributed by atoms with E-state index in [0.29, 0.717) is 5.69 Å². The summed E-state index contributed by atoms with van der Waals surface area (Å²) in [4.78, 5) is 24.8. The predicted molar refractivity (Wildman–Crippen MR) is 101 cm³/mol. The van der Waals surface area contributed by atoms with Crippen molar-refractivity contribution < 1.29 is 22.7 Å². The minimum Gasteiger partial charge on any atom is -0.495 e. The lowest BCUT2D eigenvalue weighted by molar-refractivity contribution is -0.121. The van der Waals surface area contributed by atoms with Crippen molar-refractivity contribution in [2.24, 2.45) is 0 Å². The van der Waals surface area contributed by atoms with Crippen molar-refractivity contribution in [3.8, 4) is 5.75 Å². The van der Waals surface area contributed by atoms with Crippen molar-refractivity contribution in [3.05, 3.63) is 47.5 Å². The molecule has 27 heavy (non-hydrogen) atoms. The second kappa shape index (κ2) is 7.03. The fourth-order valence-corrected chi connectivity index (χ4v) is 4.33. The standard InChI is InChI=1S/C19H20N2O5S/c1-12-4-6-15(13(2)10-12)20-27(24,25)17-11-14(5-7-16(17)26-3)21-18(22)8-9-19(21)23/h4-7,10-11,20H,8-9H2,1-3H3. The fourth-order valence-electron chi connectivity index (χ4n) is 3.01. The van der Waals surface area contributed by atoms with Crippen molar-refractivity contribution in [1.29, 1.82) is 0 Å². The smallest absolute Gasteiger partial charge is 0.265 e. The van der Waals surface area contributed by atoms with E-state index in [0.717, 1.165) is 16.0 Å². The summed E-state index contributed by atoms with van der Waals surface area (Å²) in [5.41, 5.74) is 2.45. The van der Waals surface area contributed by atoms with Crippen LogP contribution in [0, 0.1) is 13.8 Å². The zero-order valence-corrected chi connectivity index (χ0v) is 16.1. The number of aryl methyl sites for hydroxylation is 2. The van der Waals surface area contributed by atoms with Gasteiger partial charge in [-0.2, -0.15) is 0 Å². The number of anilines is 2. The molecule has 1 heterocycles. The lowest BCUT2D eigenvalue weighted by Gasteiger charge is -2.18. The van der Waals surface area contributed by atoms with Crippen molar-refractivity contribution in [2.75, 3.05) is 16.7 Å². The van der Waals surface area contributed by atoms with E-state index in [1.807, 2.05) is 13.0 Å². The number of hydrogen-bond acceptors (Lipinski definition) is 5. The predicted octanol–water partition coefficient (Wildman–Crippen LogP) is 2.77. The molecule has 2 amide bonds. The molecule has 1 aliphatic heterocycles. The van der Waals surface area contributed by atoms with E-state index in [9.17, 15) is 18.0 Å². The number of nitrogens with one attached hydrogen (secondary N) is 1. The molecule has 142 valence electrons. The molecule has 3 rings (SSSR count). The maximum absolute atomic E-state index is 13.0. The average molecular weight is 388 g/mol. The molecule has 1 aliphatic rings. The first kappa shape index (κ1) is 18.9. The van der Waals surface area contributed by atoms with Gasteiger partial charge in [-0.1, -0.05) is 17.7 Å². The van der Waals surface area contributed by atoms with Crippen LogP contribution in [0.25, 0.3) is 0 Å². The van der Waals surface area contributed by atoms with Crippen molar-refractivity contribution in [2.45, 2.75) is 31.6 Å². The van der Waals surface area contributed by atoms with Crippen molar-refractivity contribution in [3.63, 3.8) is 0 Å². The number of benzene rings is 2. The van der Waals surface area contributed by atoms with Crippen LogP contribution in [0.2, 0.25) is 0 Å². The second-order valence-electron chi connectivity index (χ2n) is 6.38. The summed E-state index contributed by atoms with van der Waals surface area (Å²) in [7, 11) is -2.64. The Kier molecular flexibility index (Phi) is 4.93. The molecule has 0 atom stereocenters. The van der Waals surface area contributed by atoms with Crippen LogP contribution in [-0.4, -0.2) is 27.3 Å². The molecule has 0 spiro atoms. The number of hydrogen-bond donors (Lipinski definition) is 1. The highest BCUT2D eigenvalue weighted by atomic mass is 32.2. The number of rotatable bonds is 5. The summed E-state index contributed by atoms with van der Waals surface area (Å²) in [6.45, 7) is 3.72. The maximum Gasteiger partial charge on any atom is 0.265 e. The molecule has 7 nitrogen and oxygen atoms in total. The van der Waals surface area contributed by atoms with Crippen LogP contribution in [0.4, 0.5) is 11.4 Å². The highest BCUT2D eigenvalue weighted by Gasteiger charge is 2.32. The van der Waals surface area contributed by atoms with Gasteiger partial charge < -0.3 is 4.74 Å². The van der Waals surface area contributed by atoms with Gasteiger partial charge in [0.1, 0.15) is 10.6 Å². The first-order valence-corrected chi connectivity index (χ1v) is 9.85. The molecule has 0 radical (unpaired) electrons. The number of imide groups is 1. The Labute approximate surface area is 158 Å². The van der Waals surface area contributed by atoms with Crippen LogP contribution in [0.5, 0.6) is 5.75 Å². The number of carbonyl (C=O) groups is 2. The number of sulfonamides is 1. The zero-order chi connectivity index (χ0) is 19.8. The Balaban J connectivity index is 2.04. The van der Waals surface area contributed by atoms with Gasteiger partial charge in [-0.3, -0.25) is 19.2 Å². The molecule has 0 unspecified atom stereocenters. The Morgan fingerprint density at radius 2 is 1.67 bits per heavy atom. The summed E-state index contributed by atoms with van der Waals surface area (Å²) in [6, 6.07) is 9.58. The minimum atomic E-state index is -4.00. The largest absolute Gasteiger partial charge is 0.495 e. The number of carbonyl (C=O) groups excluding carboxylic acids is 2. The molecule has 2 aromatic rings. The van der Waals surface area contributed by atoms with Gasteiger partial charge in [0.25, 0.3) is 10.0 Å². The Morgan fingerprint density at radius 1 is 1.00 bits per heavy atom. The first-order valence-electron chi connectivity index (χ1n) is 8.37. The zero-order valence-electron chi connectivity index (χ0n) is 15.3. The second-order valence-corrected chi connectivity index (χ2v) is 8.03. The van der Waals surface area contributed by atoms with Crippen LogP contribution in [0.15, 0.2) is 41.3 Å². The number of nitrogens with zero attached hydrogens (tertiary/aromatic N) is 1. The molecule has 0 bridgehead atoms. The lowest BCUT2D eigenvalue weighted by Crippen LogP contribution is -2.28. The number of methoxy groups -OCH3 is 1. The van der Waals surface area contributed by atoms with Crippen LogP contribution >= 0.6 is 0 Å². The maximum atomic E-state index is 13.0. The summed E-state index contributed by atoms with van der Waals surface area (Å²) in [5.74, 6) is -0.582. The lowest BCUT2D eigenvalue weighted by atomic mass is 10.1. The molecule has 0 saturated carbocycles. The van der Waals surface area contributed by atoms with E-state index in [-0.39, 0.29) is 41.0 Å². The van der Waals surface area contributed by atoms with E-state index in [1.54, 1.807) is 19.1 Å². The van der Waals surface area contributed by atoms with E-state index < -0.39 is 10.0 Å². The number of amides is 2. The average Bonchev–Trinajstić information content (AvgIpc) is 2.95. The SMILES string of the molecule is COc1ccc(N2C(=O)CCC2=O)cc1S(=O)(=O)Nc1ccc(C)cc1C. The summed E-state index contributed by atoms with van der Waals surface area (Å²) in [6.07, 6.45) is 0.238. The number of ether oxygens (including phenoxy) is 1. The molecular formula is C19H20N2O5S. The van der Waals surface area contributed by atoms with E-state index >= 15 is 0 Å². The fraction of sp³-hybridized carbons (Fsp3) is 0.263. The monoisotopic (exact) mass is 388 g/mol. The van der Waals surface area contributed by atoms with Crippen molar-refractivity contribution in [1.82, 2.24) is 0 Å². The minimum absolute atomic E-state index is 0.119. The third-order valence-electron chi connectivity index (χ3n) is 4.37. The molecule has 1 N–H and O–H groups in total. The van der Waals surface area contributed by atoms with Gasteiger partial charge in [0.15, 0.2) is 0 Å². The highest BCUT2D eigenvalue weighted by molar-refractivity contribution is 7.92. The quantitative estimate of drug-likeness (QED) is 0.795. The van der Waals surface area contributed by atoms with Gasteiger partial charge in [0.05, 0.1) is 18.5 Å². The van der Waals surface area contributed by atoms with Gasteiger partial charge in [-0.25, -0.2) is 8.42 Å². The highest BCUT2D eigenvalue weighted by Crippen LogP contribution is 2.33. The van der Waals surface area contributed by atoms with E-state index in [1.165, 1.54) is 25.3 Å². The van der Waals surface area contributed by atoms with E-state index in [4.69, 9.17) is 4.74 Å². The summed E-state index contributed by atoms with van der Waals surface area (Å²) < 4.78 is 33.7. The van der Waals surface area contributed by atoms with Crippen LogP contribution in [0.1, 0.15) is 24.0 Å². The summed E-state index contributed by atoms with van der Waals surface area (Å²) in [5, 5.41) is 0.